The molecule has 1 heteroatoms. The van der Waals surface area contributed by atoms with Gasteiger partial charge in [-0.3, -0.25) is 0 Å². The summed E-state index contributed by atoms with van der Waals surface area (Å²) in [5, 5.41) is 0. The molecule has 0 unspecified atom stereocenters. The van der Waals surface area contributed by atoms with Crippen LogP contribution in [-0.2, 0) is 0 Å². The summed E-state index contributed by atoms with van der Waals surface area (Å²) < 4.78 is 0. The van der Waals surface area contributed by atoms with Crippen LogP contribution in [0.15, 0.2) is 0 Å². The molecule has 0 aliphatic heterocycles. The maximum absolute atomic E-state index is 2.32. The van der Waals surface area contributed by atoms with Gasteiger partial charge in [-0.1, -0.05) is 155 Å². The molecule has 3 aliphatic rings. The molecule has 0 radical (unpaired) electrons. The molecule has 0 amide bonds. The van der Waals surface area contributed by atoms with Crippen molar-refractivity contribution in [3.8, 4) is 0 Å². The fourth-order valence-electron chi connectivity index (χ4n) is 12.7. The van der Waals surface area contributed by atoms with Crippen LogP contribution in [0.3, 0.4) is 0 Å². The summed E-state index contributed by atoms with van der Waals surface area (Å²) in [5.74, 6) is 0. The molecule has 3 aliphatic carbocycles. The molecular formula is C54H107P. The zero-order valence-electron chi connectivity index (χ0n) is 38.6. The fraction of sp³-hybridized carbons (Fsp3) is 1.00. The molecule has 328 valence electrons. The Kier molecular flexibility index (Phi) is 32.9. The predicted molar refractivity (Wildman–Crippen MR) is 256 cm³/mol. The van der Waals surface area contributed by atoms with Crippen molar-refractivity contribution in [1.29, 1.82) is 0 Å². The van der Waals surface area contributed by atoms with Gasteiger partial charge in [0.05, 0.1) is 0 Å². The molecule has 0 nitrogen and oxygen atoms in total. The Morgan fingerprint density at radius 3 is 0.618 bits per heavy atom. The summed E-state index contributed by atoms with van der Waals surface area (Å²) in [5.41, 5.74) is 3.67. The van der Waals surface area contributed by atoms with Gasteiger partial charge in [-0.05, 0) is 0 Å². The molecule has 3 fully saturated rings. The molecular weight excluding hydrogens is 680 g/mol. The number of unbranched alkanes of at least 4 members (excludes halogenated alkanes) is 33. The molecule has 0 heterocycles. The second-order valence-electron chi connectivity index (χ2n) is 20.5. The molecule has 3 saturated carbocycles. The number of hydrogen-bond donors (Lipinski definition) is 0. The van der Waals surface area contributed by atoms with E-state index in [1.807, 2.05) is 0 Å². The Labute approximate surface area is 350 Å². The van der Waals surface area contributed by atoms with Crippen molar-refractivity contribution >= 4 is 7.26 Å². The van der Waals surface area contributed by atoms with E-state index < -0.39 is 7.26 Å². The Balaban J connectivity index is 1.03. The van der Waals surface area contributed by atoms with Crippen LogP contribution >= 0.6 is 7.26 Å². The summed E-state index contributed by atoms with van der Waals surface area (Å²) in [7, 11) is -1.22. The van der Waals surface area contributed by atoms with E-state index >= 15 is 0 Å². The normalized spacial score (nSPS) is 18.3. The molecule has 0 spiro atoms. The fourth-order valence-corrected chi connectivity index (χ4v) is 21.2. The first-order chi connectivity index (χ1) is 27.4. The first-order valence-corrected chi connectivity index (χ1v) is 29.8. The standard InChI is InChI=1S/C54H107P/c1-2-3-4-5-6-7-8-9-10-11-12-13-14-15-16-17-18-19-20-21-22-23-24-25-26-27-28-29-30-31-32-33-34-44-51-55(52-45-38-35-39-46-52,53-47-40-36-41-48-53)54-49-42-37-43-50-54/h52-55H,2-51H2,1H3. The van der Waals surface area contributed by atoms with Crippen molar-refractivity contribution in [2.24, 2.45) is 0 Å². The first kappa shape index (κ1) is 49.8. The summed E-state index contributed by atoms with van der Waals surface area (Å²) >= 11 is 0. The van der Waals surface area contributed by atoms with Gasteiger partial charge in [0.1, 0.15) is 0 Å². The van der Waals surface area contributed by atoms with Crippen LogP contribution in [0.2, 0.25) is 0 Å². The van der Waals surface area contributed by atoms with Crippen LogP contribution in [0.5, 0.6) is 0 Å². The van der Waals surface area contributed by atoms with Gasteiger partial charge < -0.3 is 0 Å². The van der Waals surface area contributed by atoms with Crippen LogP contribution in [0.25, 0.3) is 0 Å². The van der Waals surface area contributed by atoms with Crippen LogP contribution < -0.4 is 0 Å². The average molecular weight is 787 g/mol. The number of hydrogen-bond acceptors (Lipinski definition) is 0. The van der Waals surface area contributed by atoms with Crippen LogP contribution in [0.4, 0.5) is 0 Å². The molecule has 0 N–H and O–H groups in total. The Bertz CT molecular complexity index is 725. The van der Waals surface area contributed by atoms with E-state index in [1.54, 1.807) is 122 Å². The van der Waals surface area contributed by atoms with Gasteiger partial charge in [0.15, 0.2) is 0 Å². The molecule has 0 aromatic carbocycles. The zero-order valence-corrected chi connectivity index (χ0v) is 39.6. The molecule has 0 atom stereocenters. The first-order valence-electron chi connectivity index (χ1n) is 27.4. The summed E-state index contributed by atoms with van der Waals surface area (Å²) in [6, 6.07) is 0. The van der Waals surface area contributed by atoms with Crippen LogP contribution in [0.1, 0.15) is 322 Å². The summed E-state index contributed by atoms with van der Waals surface area (Å²) in [6.07, 6.45) is 76.9. The van der Waals surface area contributed by atoms with Gasteiger partial charge in [-0.2, -0.15) is 0 Å². The third-order valence-electron chi connectivity index (χ3n) is 16.1. The zero-order chi connectivity index (χ0) is 38.6. The Morgan fingerprint density at radius 2 is 0.418 bits per heavy atom. The Morgan fingerprint density at radius 1 is 0.236 bits per heavy atom. The maximum atomic E-state index is 2.32. The van der Waals surface area contributed by atoms with Gasteiger partial charge in [0, 0.05) is 0 Å². The topological polar surface area (TPSA) is 0 Å². The SMILES string of the molecule is CCCCCCCCCCCCCCCCCCCCCCCCCCCCCCCCCCCC[PH](C1CCCCC1)(C1CCCCC1)C1CCCCC1. The third-order valence-corrected chi connectivity index (χ3v) is 23.6. The summed E-state index contributed by atoms with van der Waals surface area (Å²) in [4.78, 5) is 0. The van der Waals surface area contributed by atoms with Gasteiger partial charge in [-0.15, -0.1) is 0 Å². The van der Waals surface area contributed by atoms with Crippen molar-refractivity contribution < 1.29 is 0 Å². The van der Waals surface area contributed by atoms with Crippen molar-refractivity contribution in [3.63, 3.8) is 0 Å². The average Bonchev–Trinajstić information content (AvgIpc) is 3.23. The van der Waals surface area contributed by atoms with Crippen molar-refractivity contribution in [2.75, 3.05) is 6.16 Å². The van der Waals surface area contributed by atoms with Gasteiger partial charge in [0.25, 0.3) is 0 Å². The minimum absolute atomic E-state index is 1.22. The predicted octanol–water partition coefficient (Wildman–Crippen LogP) is 20.0. The second kappa shape index (κ2) is 36.3. The van der Waals surface area contributed by atoms with E-state index in [9.17, 15) is 0 Å². The summed E-state index contributed by atoms with van der Waals surface area (Å²) in [6.45, 7) is 2.32. The monoisotopic (exact) mass is 787 g/mol. The van der Waals surface area contributed by atoms with Crippen LogP contribution in [0, 0.1) is 0 Å². The second-order valence-corrected chi connectivity index (χ2v) is 25.7. The van der Waals surface area contributed by atoms with Crippen molar-refractivity contribution in [3.05, 3.63) is 0 Å². The third kappa shape index (κ3) is 23.7. The molecule has 0 bridgehead atoms. The van der Waals surface area contributed by atoms with E-state index in [2.05, 4.69) is 6.92 Å². The molecule has 0 saturated heterocycles. The van der Waals surface area contributed by atoms with E-state index in [0.29, 0.717) is 0 Å². The van der Waals surface area contributed by atoms with Gasteiger partial charge in [-0.25, -0.2) is 0 Å². The quantitative estimate of drug-likeness (QED) is 0.0432. The van der Waals surface area contributed by atoms with E-state index in [1.165, 1.54) is 216 Å². The minimum atomic E-state index is -1.22. The van der Waals surface area contributed by atoms with E-state index in [0.717, 1.165) is 0 Å². The molecule has 3 rings (SSSR count). The van der Waals surface area contributed by atoms with Crippen molar-refractivity contribution in [1.82, 2.24) is 0 Å². The molecule has 0 aromatic rings. The Hall–Kier alpha value is 0.430. The molecule has 0 aromatic heterocycles. The van der Waals surface area contributed by atoms with E-state index in [4.69, 9.17) is 0 Å². The van der Waals surface area contributed by atoms with E-state index in [-0.39, 0.29) is 0 Å². The van der Waals surface area contributed by atoms with Crippen LogP contribution in [-0.4, -0.2) is 23.1 Å². The van der Waals surface area contributed by atoms with Gasteiger partial charge >= 0.3 is 197 Å². The van der Waals surface area contributed by atoms with Crippen molar-refractivity contribution in [2.45, 2.75) is 339 Å². The number of rotatable bonds is 38. The van der Waals surface area contributed by atoms with Gasteiger partial charge in [0.2, 0.25) is 0 Å². The molecule has 55 heavy (non-hydrogen) atoms.